The minimum Gasteiger partial charge on any atom is -0.492 e. The molecule has 14 heavy (non-hydrogen) atoms. The van der Waals surface area contributed by atoms with E-state index in [4.69, 9.17) is 21.4 Å². The van der Waals surface area contributed by atoms with Crippen LogP contribution < -0.4 is 4.74 Å². The highest BCUT2D eigenvalue weighted by Crippen LogP contribution is 2.18. The lowest BCUT2D eigenvalue weighted by Crippen LogP contribution is -2.05. The van der Waals surface area contributed by atoms with Crippen LogP contribution in [-0.4, -0.2) is 23.6 Å². The van der Waals surface area contributed by atoms with E-state index in [9.17, 15) is 4.79 Å². The summed E-state index contributed by atoms with van der Waals surface area (Å²) in [6.45, 7) is 0.387. The maximum atomic E-state index is 10.5. The van der Waals surface area contributed by atoms with Gasteiger partial charge in [0.2, 0.25) is 0 Å². The molecule has 76 valence electrons. The molecule has 1 N–H and O–H groups in total. The number of hydrogen-bond donors (Lipinski definition) is 1. The number of rotatable bonds is 5. The van der Waals surface area contributed by atoms with Gasteiger partial charge < -0.3 is 9.84 Å². The predicted octanol–water partition coefficient (Wildman–Crippen LogP) is 1.93. The molecule has 0 fully saturated rings. The zero-order chi connectivity index (χ0) is 10.4. The van der Waals surface area contributed by atoms with Gasteiger partial charge in [-0.05, 0) is 6.07 Å². The van der Waals surface area contributed by atoms with Crippen LogP contribution in [0.3, 0.4) is 0 Å². The van der Waals surface area contributed by atoms with Crippen molar-refractivity contribution in [3.63, 3.8) is 0 Å². The molecule has 0 heterocycles. The lowest BCUT2D eigenvalue weighted by atomic mass is 10.1. The highest BCUT2D eigenvalue weighted by molar-refractivity contribution is 6.18. The number of aliphatic carboxylic acids is 1. The molecule has 0 radical (unpaired) electrons. The number of ether oxygens (including phenoxy) is 1. The molecule has 1 aromatic carbocycles. The van der Waals surface area contributed by atoms with Crippen molar-refractivity contribution in [1.29, 1.82) is 0 Å². The first-order chi connectivity index (χ1) is 6.74. The Bertz CT molecular complexity index is 312. The van der Waals surface area contributed by atoms with Crippen LogP contribution in [0.25, 0.3) is 0 Å². The van der Waals surface area contributed by atoms with Crippen LogP contribution in [0.5, 0.6) is 5.75 Å². The highest BCUT2D eigenvalue weighted by atomic mass is 35.5. The van der Waals surface area contributed by atoms with Crippen molar-refractivity contribution in [2.24, 2.45) is 0 Å². The van der Waals surface area contributed by atoms with E-state index in [1.807, 2.05) is 0 Å². The van der Waals surface area contributed by atoms with E-state index in [0.717, 1.165) is 0 Å². The first-order valence-corrected chi connectivity index (χ1v) is 4.76. The molecule has 0 aliphatic carbocycles. The van der Waals surface area contributed by atoms with Crippen molar-refractivity contribution < 1.29 is 14.6 Å². The number of benzene rings is 1. The average molecular weight is 215 g/mol. The standard InChI is InChI=1S/C10H11ClO3/c11-5-6-14-9-4-2-1-3-8(9)7-10(12)13/h1-4H,5-7H2,(H,12,13). The number of carboxylic acid groups (broad SMARTS) is 1. The van der Waals surface area contributed by atoms with E-state index in [2.05, 4.69) is 0 Å². The van der Waals surface area contributed by atoms with Gasteiger partial charge in [0, 0.05) is 5.56 Å². The molecule has 0 saturated carbocycles. The second kappa shape index (κ2) is 5.50. The SMILES string of the molecule is O=C(O)Cc1ccccc1OCCCl. The largest absolute Gasteiger partial charge is 0.492 e. The fourth-order valence-electron chi connectivity index (χ4n) is 1.10. The van der Waals surface area contributed by atoms with Gasteiger partial charge in [0.1, 0.15) is 12.4 Å². The Kier molecular flexibility index (Phi) is 4.26. The summed E-state index contributed by atoms with van der Waals surface area (Å²) in [5.74, 6) is 0.115. The molecule has 0 unspecified atom stereocenters. The number of carboxylic acids is 1. The summed E-state index contributed by atoms with van der Waals surface area (Å²) < 4.78 is 5.29. The molecular formula is C10H11ClO3. The van der Waals surface area contributed by atoms with Gasteiger partial charge in [-0.15, -0.1) is 11.6 Å². The molecule has 0 bridgehead atoms. The zero-order valence-electron chi connectivity index (χ0n) is 7.57. The summed E-state index contributed by atoms with van der Waals surface area (Å²) in [5.41, 5.74) is 0.671. The molecule has 1 aromatic rings. The van der Waals surface area contributed by atoms with Crippen molar-refractivity contribution in [3.8, 4) is 5.75 Å². The van der Waals surface area contributed by atoms with Crippen LogP contribution in [0.1, 0.15) is 5.56 Å². The van der Waals surface area contributed by atoms with Crippen LogP contribution in [-0.2, 0) is 11.2 Å². The Morgan fingerprint density at radius 1 is 1.43 bits per heavy atom. The number of carbonyl (C=O) groups is 1. The van der Waals surface area contributed by atoms with E-state index in [1.54, 1.807) is 24.3 Å². The molecule has 0 spiro atoms. The van der Waals surface area contributed by atoms with Gasteiger partial charge in [0.25, 0.3) is 0 Å². The normalized spacial score (nSPS) is 9.79. The van der Waals surface area contributed by atoms with Crippen LogP contribution in [0.2, 0.25) is 0 Å². The van der Waals surface area contributed by atoms with Crippen molar-refractivity contribution in [2.45, 2.75) is 6.42 Å². The molecular weight excluding hydrogens is 204 g/mol. The van der Waals surface area contributed by atoms with Crippen molar-refractivity contribution >= 4 is 17.6 Å². The van der Waals surface area contributed by atoms with Gasteiger partial charge in [-0.3, -0.25) is 4.79 Å². The Hall–Kier alpha value is -1.22. The van der Waals surface area contributed by atoms with Crippen molar-refractivity contribution in [3.05, 3.63) is 29.8 Å². The molecule has 1 rings (SSSR count). The first-order valence-electron chi connectivity index (χ1n) is 4.22. The third kappa shape index (κ3) is 3.26. The maximum Gasteiger partial charge on any atom is 0.307 e. The topological polar surface area (TPSA) is 46.5 Å². The van der Waals surface area contributed by atoms with Gasteiger partial charge in [0.05, 0.1) is 12.3 Å². The summed E-state index contributed by atoms with van der Waals surface area (Å²) in [7, 11) is 0. The van der Waals surface area contributed by atoms with Crippen molar-refractivity contribution in [2.75, 3.05) is 12.5 Å². The van der Waals surface area contributed by atoms with E-state index in [-0.39, 0.29) is 6.42 Å². The number of alkyl halides is 1. The molecule has 0 aliphatic heterocycles. The number of hydrogen-bond acceptors (Lipinski definition) is 2. The maximum absolute atomic E-state index is 10.5. The Labute approximate surface area is 87.3 Å². The number of para-hydroxylation sites is 1. The molecule has 0 aliphatic rings. The Balaban J connectivity index is 2.74. The van der Waals surface area contributed by atoms with Crippen molar-refractivity contribution in [1.82, 2.24) is 0 Å². The fraction of sp³-hybridized carbons (Fsp3) is 0.300. The third-order valence-corrected chi connectivity index (χ3v) is 1.80. The quantitative estimate of drug-likeness (QED) is 0.762. The van der Waals surface area contributed by atoms with E-state index in [0.29, 0.717) is 23.8 Å². The summed E-state index contributed by atoms with van der Waals surface area (Å²) in [6, 6.07) is 7.06. The minimum absolute atomic E-state index is 0.0293. The highest BCUT2D eigenvalue weighted by Gasteiger charge is 2.06. The molecule has 0 atom stereocenters. The third-order valence-electron chi connectivity index (χ3n) is 1.65. The minimum atomic E-state index is -0.869. The summed E-state index contributed by atoms with van der Waals surface area (Å²) in [5, 5.41) is 8.64. The molecule has 3 nitrogen and oxygen atoms in total. The molecule has 4 heteroatoms. The molecule has 0 amide bonds. The summed E-state index contributed by atoms with van der Waals surface area (Å²) in [4.78, 5) is 10.5. The Morgan fingerprint density at radius 3 is 2.79 bits per heavy atom. The van der Waals surface area contributed by atoms with Gasteiger partial charge in [-0.2, -0.15) is 0 Å². The molecule has 0 aromatic heterocycles. The summed E-state index contributed by atoms with van der Waals surface area (Å²) in [6.07, 6.45) is -0.0293. The lowest BCUT2D eigenvalue weighted by Gasteiger charge is -2.08. The second-order valence-electron chi connectivity index (χ2n) is 2.72. The zero-order valence-corrected chi connectivity index (χ0v) is 8.33. The first kappa shape index (κ1) is 10.9. The van der Waals surface area contributed by atoms with Crippen LogP contribution in [0, 0.1) is 0 Å². The van der Waals surface area contributed by atoms with Gasteiger partial charge in [-0.25, -0.2) is 0 Å². The van der Waals surface area contributed by atoms with Gasteiger partial charge in [0.15, 0.2) is 0 Å². The number of halogens is 1. The van der Waals surface area contributed by atoms with Crippen LogP contribution >= 0.6 is 11.6 Å². The fourth-order valence-corrected chi connectivity index (χ4v) is 1.18. The lowest BCUT2D eigenvalue weighted by molar-refractivity contribution is -0.136. The van der Waals surface area contributed by atoms with E-state index < -0.39 is 5.97 Å². The smallest absolute Gasteiger partial charge is 0.307 e. The van der Waals surface area contributed by atoms with Crippen LogP contribution in [0.15, 0.2) is 24.3 Å². The Morgan fingerprint density at radius 2 is 2.14 bits per heavy atom. The average Bonchev–Trinajstić information content (AvgIpc) is 2.16. The molecule has 0 saturated heterocycles. The van der Waals surface area contributed by atoms with Crippen LogP contribution in [0.4, 0.5) is 0 Å². The predicted molar refractivity (Wildman–Crippen MR) is 54.0 cm³/mol. The van der Waals surface area contributed by atoms with Gasteiger partial charge in [-0.1, -0.05) is 18.2 Å². The van der Waals surface area contributed by atoms with E-state index >= 15 is 0 Å². The summed E-state index contributed by atoms with van der Waals surface area (Å²) >= 11 is 5.47. The van der Waals surface area contributed by atoms with E-state index in [1.165, 1.54) is 0 Å². The monoisotopic (exact) mass is 214 g/mol. The van der Waals surface area contributed by atoms with Gasteiger partial charge >= 0.3 is 5.97 Å². The second-order valence-corrected chi connectivity index (χ2v) is 3.09.